The Morgan fingerprint density at radius 2 is 1.00 bits per heavy atom. The first kappa shape index (κ1) is 16.2. The number of hydrogen-bond acceptors (Lipinski definition) is 2. The molecular formula is H2Li2MnO2. The van der Waals surface area contributed by atoms with Crippen LogP contribution in [0.15, 0.2) is 0 Å². The zero-order chi connectivity index (χ0) is 2.71. The molecular weight excluding hydrogens is 101 g/mol. The molecule has 2 nitrogen and oxygen atoms in total. The molecule has 5 heavy (non-hydrogen) atoms. The summed E-state index contributed by atoms with van der Waals surface area (Å²) >= 11 is -1.44. The van der Waals surface area contributed by atoms with Crippen molar-refractivity contribution in [3.63, 3.8) is 0 Å². The second-order valence-corrected chi connectivity index (χ2v) is 0.260. The Hall–Kier alpha value is 1.31. The van der Waals surface area contributed by atoms with Crippen LogP contribution in [0.4, 0.5) is 0 Å². The van der Waals surface area contributed by atoms with Gasteiger partial charge in [0.05, 0.1) is 0 Å². The molecule has 0 aliphatic heterocycles. The first-order valence-electron chi connectivity index (χ1n) is 0.309. The molecule has 0 aliphatic carbocycles. The predicted octanol–water partition coefficient (Wildman–Crippen LogP) is -1.54. The van der Waals surface area contributed by atoms with Crippen molar-refractivity contribution in [2.75, 3.05) is 0 Å². The summed E-state index contributed by atoms with van der Waals surface area (Å²) in [4.78, 5) is 0. The molecule has 0 heterocycles. The van der Waals surface area contributed by atoms with Crippen LogP contribution in [0, 0.1) is 0 Å². The minimum atomic E-state index is -1.44. The van der Waals surface area contributed by atoms with Gasteiger partial charge in [-0.15, -0.1) is 0 Å². The van der Waals surface area contributed by atoms with Crippen molar-refractivity contribution >= 4 is 37.7 Å². The van der Waals surface area contributed by atoms with Crippen LogP contribution in [0.5, 0.6) is 0 Å². The molecule has 0 aromatic carbocycles. The first-order chi connectivity index (χ1) is 1.41. The second-order valence-electron chi connectivity index (χ2n) is 0.0630. The van der Waals surface area contributed by atoms with E-state index in [9.17, 15) is 0 Å². The molecule has 0 unspecified atom stereocenters. The fourth-order valence-corrected chi connectivity index (χ4v) is 0. The summed E-state index contributed by atoms with van der Waals surface area (Å²) in [7, 11) is 0. The van der Waals surface area contributed by atoms with Crippen LogP contribution < -0.4 is 0 Å². The van der Waals surface area contributed by atoms with E-state index in [1.165, 1.54) is 0 Å². The van der Waals surface area contributed by atoms with Gasteiger partial charge in [0.2, 0.25) is 0 Å². The molecule has 0 aromatic heterocycles. The first-order valence-corrected chi connectivity index (χ1v) is 1.27. The molecule has 0 saturated heterocycles. The van der Waals surface area contributed by atoms with Crippen LogP contribution in [0.2, 0.25) is 0 Å². The molecule has 0 spiro atoms. The molecule has 0 amide bonds. The van der Waals surface area contributed by atoms with E-state index in [0.29, 0.717) is 0 Å². The van der Waals surface area contributed by atoms with Crippen molar-refractivity contribution in [3.8, 4) is 0 Å². The minimum absolute atomic E-state index is 0. The topological polar surface area (TPSA) is 34.1 Å². The fourth-order valence-electron chi connectivity index (χ4n) is 0. The molecule has 5 heteroatoms. The molecule has 0 saturated carbocycles. The van der Waals surface area contributed by atoms with Gasteiger partial charge < -0.3 is 0 Å². The van der Waals surface area contributed by atoms with Gasteiger partial charge in [0.1, 0.15) is 0 Å². The average Bonchev–Trinajstić information content (AvgIpc) is 0.918. The Kier molecular flexibility index (Phi) is 60.0. The van der Waals surface area contributed by atoms with Crippen molar-refractivity contribution in [2.45, 2.75) is 0 Å². The maximum absolute atomic E-state index is 8.41. The van der Waals surface area contributed by atoms with Crippen LogP contribution in [-0.4, -0.2) is 37.7 Å². The Bertz CT molecular complexity index is 28.6. The summed E-state index contributed by atoms with van der Waals surface area (Å²) in [6.45, 7) is 0. The van der Waals surface area contributed by atoms with Gasteiger partial charge >= 0.3 is 60.2 Å². The third-order valence-corrected chi connectivity index (χ3v) is 0. The predicted molar refractivity (Wildman–Crippen MR) is 15.7 cm³/mol. The van der Waals surface area contributed by atoms with E-state index in [-0.39, 0.29) is 37.7 Å². The van der Waals surface area contributed by atoms with Crippen molar-refractivity contribution in [1.82, 2.24) is 0 Å². The Morgan fingerprint density at radius 1 is 1.00 bits per heavy atom. The third kappa shape index (κ3) is 33.8. The molecule has 0 radical (unpaired) electrons. The van der Waals surface area contributed by atoms with Crippen LogP contribution >= 0.6 is 0 Å². The van der Waals surface area contributed by atoms with E-state index in [4.69, 9.17) is 7.67 Å². The van der Waals surface area contributed by atoms with Crippen LogP contribution in [0.3, 0.4) is 0 Å². The van der Waals surface area contributed by atoms with E-state index in [1.54, 1.807) is 0 Å². The zero-order valence-corrected chi connectivity index (χ0v) is 2.37. The third-order valence-electron chi connectivity index (χ3n) is 0. The maximum atomic E-state index is 8.41. The van der Waals surface area contributed by atoms with Crippen molar-refractivity contribution in [3.05, 3.63) is 0 Å². The number of rotatable bonds is 0. The average molecular weight is 103 g/mol. The van der Waals surface area contributed by atoms with Gasteiger partial charge in [-0.2, -0.15) is 0 Å². The van der Waals surface area contributed by atoms with Gasteiger partial charge in [-0.05, 0) is 0 Å². The van der Waals surface area contributed by atoms with Crippen LogP contribution in [-0.2, 0) is 22.5 Å². The molecule has 0 rings (SSSR count). The Balaban J connectivity index is -0.0000000200. The second kappa shape index (κ2) is 18.5. The molecule has 0 aromatic rings. The van der Waals surface area contributed by atoms with Gasteiger partial charge in [-0.1, -0.05) is 0 Å². The van der Waals surface area contributed by atoms with Gasteiger partial charge in [0.15, 0.2) is 0 Å². The van der Waals surface area contributed by atoms with E-state index in [1.807, 2.05) is 0 Å². The summed E-state index contributed by atoms with van der Waals surface area (Å²) < 4.78 is 16.8. The van der Waals surface area contributed by atoms with E-state index < -0.39 is 14.8 Å². The summed E-state index contributed by atoms with van der Waals surface area (Å²) in [6, 6.07) is 0. The van der Waals surface area contributed by atoms with Gasteiger partial charge in [-0.3, -0.25) is 0 Å². The standard InChI is InChI=1S/2Li.Mn.2O.2H. The normalized spacial score (nSPS) is 2.40. The quantitative estimate of drug-likeness (QED) is 0.348. The Labute approximate surface area is 60.0 Å². The molecule has 0 aliphatic rings. The monoisotopic (exact) mass is 103 g/mol. The van der Waals surface area contributed by atoms with E-state index in [0.717, 1.165) is 0 Å². The van der Waals surface area contributed by atoms with Crippen molar-refractivity contribution in [1.29, 1.82) is 0 Å². The summed E-state index contributed by atoms with van der Waals surface area (Å²) in [5, 5.41) is 0. The van der Waals surface area contributed by atoms with Crippen LogP contribution in [0.25, 0.3) is 0 Å². The molecule has 0 N–H and O–H groups in total. The zero-order valence-electron chi connectivity index (χ0n) is 1.19. The summed E-state index contributed by atoms with van der Waals surface area (Å²) in [5.74, 6) is 0. The molecule has 0 fully saturated rings. The fraction of sp³-hybridized carbons (Fsp3) is 0. The number of hydrogen-bond donors (Lipinski definition) is 0. The molecule has 0 bridgehead atoms. The summed E-state index contributed by atoms with van der Waals surface area (Å²) in [6.07, 6.45) is 0. The Morgan fingerprint density at radius 3 is 1.00 bits per heavy atom. The van der Waals surface area contributed by atoms with E-state index >= 15 is 0 Å². The molecule has 23 valence electrons. The van der Waals surface area contributed by atoms with Gasteiger partial charge in [0, 0.05) is 0 Å². The van der Waals surface area contributed by atoms with Crippen molar-refractivity contribution < 1.29 is 22.5 Å². The molecule has 0 atom stereocenters. The van der Waals surface area contributed by atoms with Gasteiger partial charge in [0.25, 0.3) is 0 Å². The summed E-state index contributed by atoms with van der Waals surface area (Å²) in [5.41, 5.74) is 0. The van der Waals surface area contributed by atoms with Gasteiger partial charge in [-0.25, -0.2) is 0 Å². The SMILES string of the molecule is [LiH].[LiH].[O]=[Mn]=[O]. The van der Waals surface area contributed by atoms with Crippen LogP contribution in [0.1, 0.15) is 0 Å². The van der Waals surface area contributed by atoms with E-state index in [2.05, 4.69) is 0 Å². The van der Waals surface area contributed by atoms with Crippen molar-refractivity contribution in [2.24, 2.45) is 0 Å².